The van der Waals surface area contributed by atoms with E-state index in [1.54, 1.807) is 13.2 Å². The summed E-state index contributed by atoms with van der Waals surface area (Å²) in [5.41, 5.74) is 1.83. The molecule has 2 heterocycles. The zero-order valence-corrected chi connectivity index (χ0v) is 18.2. The first kappa shape index (κ1) is 21.2. The summed E-state index contributed by atoms with van der Waals surface area (Å²) in [6.45, 7) is 0.858. The van der Waals surface area contributed by atoms with Gasteiger partial charge in [-0.2, -0.15) is 0 Å². The number of aromatic nitrogens is 2. The van der Waals surface area contributed by atoms with Crippen LogP contribution in [0.2, 0.25) is 5.02 Å². The zero-order chi connectivity index (χ0) is 20.8. The normalized spacial score (nSPS) is 12.0. The fourth-order valence-electron chi connectivity index (χ4n) is 2.85. The SMILES string of the molecule is CNc1nccc(-c2ccc(C(=O)NC(CCN(C)C)c3ccc(Cl)cc3)s2)n1. The quantitative estimate of drug-likeness (QED) is 0.558. The molecule has 0 fully saturated rings. The van der Waals surface area contributed by atoms with Crippen LogP contribution in [-0.2, 0) is 0 Å². The number of hydrogen-bond donors (Lipinski definition) is 2. The predicted octanol–water partition coefficient (Wildman–Crippen LogP) is 4.32. The first-order chi connectivity index (χ1) is 14.0. The Kier molecular flexibility index (Phi) is 7.19. The minimum absolute atomic E-state index is 0.0946. The molecular formula is C21H24ClN5OS. The predicted molar refractivity (Wildman–Crippen MR) is 120 cm³/mol. The van der Waals surface area contributed by atoms with Crippen LogP contribution < -0.4 is 10.6 Å². The molecule has 0 spiro atoms. The van der Waals surface area contributed by atoms with Gasteiger partial charge in [-0.25, -0.2) is 9.97 Å². The Bertz CT molecular complexity index is 958. The van der Waals surface area contributed by atoms with Crippen molar-refractivity contribution in [2.45, 2.75) is 12.5 Å². The number of carbonyl (C=O) groups excluding carboxylic acids is 1. The van der Waals surface area contributed by atoms with Gasteiger partial charge in [-0.05, 0) is 63.0 Å². The number of rotatable bonds is 8. The van der Waals surface area contributed by atoms with Crippen molar-refractivity contribution in [2.75, 3.05) is 33.0 Å². The number of nitrogens with one attached hydrogen (secondary N) is 2. The lowest BCUT2D eigenvalue weighted by Gasteiger charge is -2.21. The average Bonchev–Trinajstić information content (AvgIpc) is 3.22. The summed E-state index contributed by atoms with van der Waals surface area (Å²) in [5.74, 6) is 0.455. The number of anilines is 1. The third-order valence-corrected chi connectivity index (χ3v) is 5.76. The first-order valence-electron chi connectivity index (χ1n) is 9.28. The molecule has 1 atom stereocenters. The second-order valence-electron chi connectivity index (χ2n) is 6.85. The number of halogens is 1. The van der Waals surface area contributed by atoms with Crippen LogP contribution in [0.4, 0.5) is 5.95 Å². The highest BCUT2D eigenvalue weighted by Crippen LogP contribution is 2.28. The van der Waals surface area contributed by atoms with Crippen molar-refractivity contribution in [3.8, 4) is 10.6 Å². The van der Waals surface area contributed by atoms with Gasteiger partial charge in [0, 0.05) is 18.3 Å². The van der Waals surface area contributed by atoms with Crippen molar-refractivity contribution in [2.24, 2.45) is 0 Å². The van der Waals surface area contributed by atoms with Crippen molar-refractivity contribution >= 4 is 34.8 Å². The maximum absolute atomic E-state index is 12.9. The Morgan fingerprint density at radius 1 is 1.17 bits per heavy atom. The van der Waals surface area contributed by atoms with E-state index >= 15 is 0 Å². The van der Waals surface area contributed by atoms with E-state index in [1.165, 1.54) is 11.3 Å². The van der Waals surface area contributed by atoms with Gasteiger partial charge in [0.15, 0.2) is 0 Å². The lowest BCUT2D eigenvalue weighted by molar-refractivity contribution is 0.0937. The molecule has 0 radical (unpaired) electrons. The van der Waals surface area contributed by atoms with E-state index in [1.807, 2.05) is 56.6 Å². The molecule has 1 unspecified atom stereocenters. The molecular weight excluding hydrogens is 406 g/mol. The zero-order valence-electron chi connectivity index (χ0n) is 16.6. The summed E-state index contributed by atoms with van der Waals surface area (Å²) in [7, 11) is 5.82. The van der Waals surface area contributed by atoms with Gasteiger partial charge in [0.25, 0.3) is 5.91 Å². The number of thiophene rings is 1. The molecule has 0 aliphatic heterocycles. The van der Waals surface area contributed by atoms with E-state index in [-0.39, 0.29) is 11.9 Å². The summed E-state index contributed by atoms with van der Waals surface area (Å²) in [6.07, 6.45) is 2.50. The van der Waals surface area contributed by atoms with Crippen molar-refractivity contribution in [1.82, 2.24) is 20.2 Å². The van der Waals surface area contributed by atoms with Crippen LogP contribution in [0.15, 0.2) is 48.7 Å². The topological polar surface area (TPSA) is 70.2 Å². The molecule has 29 heavy (non-hydrogen) atoms. The van der Waals surface area contributed by atoms with Crippen LogP contribution in [0.25, 0.3) is 10.6 Å². The fraction of sp³-hybridized carbons (Fsp3) is 0.286. The van der Waals surface area contributed by atoms with Crippen LogP contribution in [0.1, 0.15) is 27.7 Å². The van der Waals surface area contributed by atoms with E-state index in [9.17, 15) is 4.79 Å². The highest BCUT2D eigenvalue weighted by molar-refractivity contribution is 7.17. The van der Waals surface area contributed by atoms with Gasteiger partial charge in [-0.3, -0.25) is 4.79 Å². The van der Waals surface area contributed by atoms with E-state index in [4.69, 9.17) is 11.6 Å². The molecule has 2 aromatic heterocycles. The molecule has 152 valence electrons. The summed E-state index contributed by atoms with van der Waals surface area (Å²) in [6, 6.07) is 13.1. The molecule has 1 aromatic carbocycles. The highest BCUT2D eigenvalue weighted by Gasteiger charge is 2.18. The first-order valence-corrected chi connectivity index (χ1v) is 10.5. The van der Waals surface area contributed by atoms with E-state index in [2.05, 4.69) is 25.5 Å². The summed E-state index contributed by atoms with van der Waals surface area (Å²) >= 11 is 7.43. The van der Waals surface area contributed by atoms with Crippen molar-refractivity contribution in [3.63, 3.8) is 0 Å². The van der Waals surface area contributed by atoms with Gasteiger partial charge in [-0.1, -0.05) is 23.7 Å². The second-order valence-corrected chi connectivity index (χ2v) is 8.37. The van der Waals surface area contributed by atoms with Crippen molar-refractivity contribution in [3.05, 3.63) is 64.1 Å². The maximum atomic E-state index is 12.9. The van der Waals surface area contributed by atoms with Crippen LogP contribution >= 0.6 is 22.9 Å². The van der Waals surface area contributed by atoms with Crippen LogP contribution in [0.5, 0.6) is 0 Å². The third-order valence-electron chi connectivity index (χ3n) is 4.40. The van der Waals surface area contributed by atoms with Crippen LogP contribution in [-0.4, -0.2) is 48.5 Å². The number of nitrogens with zero attached hydrogens (tertiary/aromatic N) is 3. The summed E-state index contributed by atoms with van der Waals surface area (Å²) < 4.78 is 0. The molecule has 0 aliphatic carbocycles. The van der Waals surface area contributed by atoms with Gasteiger partial charge in [0.05, 0.1) is 21.5 Å². The molecule has 3 aromatic rings. The van der Waals surface area contributed by atoms with Crippen molar-refractivity contribution in [1.29, 1.82) is 0 Å². The van der Waals surface area contributed by atoms with Crippen molar-refractivity contribution < 1.29 is 4.79 Å². The van der Waals surface area contributed by atoms with Gasteiger partial charge < -0.3 is 15.5 Å². The Balaban J connectivity index is 1.77. The molecule has 0 saturated heterocycles. The fourth-order valence-corrected chi connectivity index (χ4v) is 3.85. The Morgan fingerprint density at radius 2 is 1.93 bits per heavy atom. The number of amides is 1. The van der Waals surface area contributed by atoms with E-state index in [0.717, 1.165) is 29.1 Å². The minimum atomic E-state index is -0.0948. The summed E-state index contributed by atoms with van der Waals surface area (Å²) in [4.78, 5) is 25.2. The van der Waals surface area contributed by atoms with E-state index in [0.29, 0.717) is 15.8 Å². The van der Waals surface area contributed by atoms with E-state index < -0.39 is 0 Å². The Labute approximate surface area is 180 Å². The van der Waals surface area contributed by atoms with Gasteiger partial charge in [0.2, 0.25) is 5.95 Å². The van der Waals surface area contributed by atoms with Gasteiger partial charge in [-0.15, -0.1) is 11.3 Å². The Morgan fingerprint density at radius 3 is 2.62 bits per heavy atom. The standard InChI is InChI=1S/C21H24ClN5OS/c1-23-21-24-12-10-17(26-21)18-8-9-19(29-18)20(28)25-16(11-13-27(2)3)14-4-6-15(22)7-5-14/h4-10,12,16H,11,13H2,1-3H3,(H,25,28)(H,23,24,26). The molecule has 8 heteroatoms. The van der Waals surface area contributed by atoms with Crippen LogP contribution in [0.3, 0.4) is 0 Å². The molecule has 0 bridgehead atoms. The Hall–Kier alpha value is -2.48. The number of hydrogen-bond acceptors (Lipinski definition) is 6. The molecule has 6 nitrogen and oxygen atoms in total. The highest BCUT2D eigenvalue weighted by atomic mass is 35.5. The second kappa shape index (κ2) is 9.82. The third kappa shape index (κ3) is 5.76. The van der Waals surface area contributed by atoms with Gasteiger partial charge >= 0.3 is 0 Å². The average molecular weight is 430 g/mol. The number of carbonyl (C=O) groups is 1. The number of benzene rings is 1. The monoisotopic (exact) mass is 429 g/mol. The summed E-state index contributed by atoms with van der Waals surface area (Å²) in [5, 5.41) is 6.78. The molecule has 3 rings (SSSR count). The lowest BCUT2D eigenvalue weighted by Crippen LogP contribution is -2.30. The maximum Gasteiger partial charge on any atom is 0.261 e. The molecule has 0 aliphatic rings. The largest absolute Gasteiger partial charge is 0.357 e. The molecule has 0 saturated carbocycles. The smallest absolute Gasteiger partial charge is 0.261 e. The van der Waals surface area contributed by atoms with Gasteiger partial charge in [0.1, 0.15) is 0 Å². The molecule has 2 N–H and O–H groups in total. The minimum Gasteiger partial charge on any atom is -0.357 e. The lowest BCUT2D eigenvalue weighted by atomic mass is 10.0. The molecule has 1 amide bonds. The van der Waals surface area contributed by atoms with Crippen LogP contribution in [0, 0.1) is 0 Å².